The van der Waals surface area contributed by atoms with Gasteiger partial charge in [0.15, 0.2) is 0 Å². The van der Waals surface area contributed by atoms with Gasteiger partial charge in [-0.2, -0.15) is 0 Å². The van der Waals surface area contributed by atoms with Crippen molar-refractivity contribution in [2.75, 3.05) is 12.0 Å². The lowest BCUT2D eigenvalue weighted by molar-refractivity contribution is -0.130. The lowest BCUT2D eigenvalue weighted by atomic mass is 10.1. The van der Waals surface area contributed by atoms with Gasteiger partial charge in [0, 0.05) is 30.0 Å². The summed E-state index contributed by atoms with van der Waals surface area (Å²) in [5.41, 5.74) is 4.10. The van der Waals surface area contributed by atoms with Crippen molar-refractivity contribution in [1.82, 2.24) is 14.6 Å². The van der Waals surface area contributed by atoms with Gasteiger partial charge in [-0.05, 0) is 18.4 Å². The van der Waals surface area contributed by atoms with Crippen molar-refractivity contribution in [3.63, 3.8) is 0 Å². The second kappa shape index (κ2) is 7.68. The van der Waals surface area contributed by atoms with Crippen molar-refractivity contribution in [2.45, 2.75) is 38.1 Å². The van der Waals surface area contributed by atoms with Gasteiger partial charge in [-0.15, -0.1) is 11.3 Å². The number of likely N-dealkylation sites (tertiary alicyclic amines) is 1. The minimum Gasteiger partial charge on any atom is -0.339 e. The Morgan fingerprint density at radius 3 is 2.67 bits per heavy atom. The van der Waals surface area contributed by atoms with E-state index in [0.29, 0.717) is 16.8 Å². The molecule has 154 valence electrons. The van der Waals surface area contributed by atoms with Crippen LogP contribution in [0.5, 0.6) is 0 Å². The lowest BCUT2D eigenvalue weighted by Gasteiger charge is -2.23. The van der Waals surface area contributed by atoms with E-state index in [1.165, 1.54) is 17.7 Å². The molecule has 1 aliphatic carbocycles. The molecular formula is C22H22N4O3S. The molecule has 3 heterocycles. The van der Waals surface area contributed by atoms with E-state index in [1.807, 2.05) is 40.6 Å². The van der Waals surface area contributed by atoms with Gasteiger partial charge in [-0.3, -0.25) is 19.8 Å². The largest absolute Gasteiger partial charge is 0.339 e. The molecule has 1 N–H and O–H groups in total. The molecule has 7 nitrogen and oxygen atoms in total. The predicted octanol–water partition coefficient (Wildman–Crippen LogP) is 2.99. The number of hydrogen-bond donors (Lipinski definition) is 1. The lowest BCUT2D eigenvalue weighted by Crippen LogP contribution is -2.39. The number of rotatable bonds is 4. The third-order valence-electron chi connectivity index (χ3n) is 6.10. The van der Waals surface area contributed by atoms with E-state index in [9.17, 15) is 14.4 Å². The monoisotopic (exact) mass is 422 g/mol. The van der Waals surface area contributed by atoms with Gasteiger partial charge in [0.2, 0.25) is 11.8 Å². The molecule has 3 aromatic rings. The van der Waals surface area contributed by atoms with Crippen LogP contribution in [0.2, 0.25) is 0 Å². The molecule has 1 saturated carbocycles. The first-order valence-electron chi connectivity index (χ1n) is 10.3. The van der Waals surface area contributed by atoms with Crippen LogP contribution in [-0.4, -0.2) is 39.0 Å². The maximum absolute atomic E-state index is 13.1. The smallest absolute Gasteiger partial charge is 0.281 e. The highest BCUT2D eigenvalue weighted by Crippen LogP contribution is 2.31. The molecule has 5 rings (SSSR count). The van der Waals surface area contributed by atoms with Crippen molar-refractivity contribution in [1.29, 1.82) is 0 Å². The SMILES string of the molecule is O=C(Nn1cnc2scc(-c3ccccc3)c2c1=O)[C@H]1CC(=O)N(C2CCCC2)C1. The molecule has 0 spiro atoms. The molecule has 2 aromatic heterocycles. The fourth-order valence-electron chi connectivity index (χ4n) is 4.53. The van der Waals surface area contributed by atoms with E-state index in [-0.39, 0.29) is 29.8 Å². The van der Waals surface area contributed by atoms with E-state index in [2.05, 4.69) is 10.4 Å². The summed E-state index contributed by atoms with van der Waals surface area (Å²) in [4.78, 5) is 45.2. The van der Waals surface area contributed by atoms with E-state index in [0.717, 1.165) is 41.5 Å². The van der Waals surface area contributed by atoms with Gasteiger partial charge in [-0.1, -0.05) is 43.2 Å². The molecule has 2 amide bonds. The fourth-order valence-corrected chi connectivity index (χ4v) is 5.43. The van der Waals surface area contributed by atoms with Gasteiger partial charge < -0.3 is 4.90 Å². The Morgan fingerprint density at radius 1 is 1.13 bits per heavy atom. The van der Waals surface area contributed by atoms with Crippen LogP contribution in [-0.2, 0) is 9.59 Å². The number of aromatic nitrogens is 2. The van der Waals surface area contributed by atoms with Crippen molar-refractivity contribution < 1.29 is 9.59 Å². The van der Waals surface area contributed by atoms with Gasteiger partial charge >= 0.3 is 0 Å². The van der Waals surface area contributed by atoms with Crippen molar-refractivity contribution in [3.05, 3.63) is 52.4 Å². The quantitative estimate of drug-likeness (QED) is 0.701. The topological polar surface area (TPSA) is 84.3 Å². The Kier molecular flexibility index (Phi) is 4.86. The third kappa shape index (κ3) is 3.31. The fraction of sp³-hybridized carbons (Fsp3) is 0.364. The van der Waals surface area contributed by atoms with Crippen molar-refractivity contribution in [2.24, 2.45) is 5.92 Å². The molecular weight excluding hydrogens is 400 g/mol. The summed E-state index contributed by atoms with van der Waals surface area (Å²) in [5.74, 6) is -0.729. The number of nitrogens with one attached hydrogen (secondary N) is 1. The Hall–Kier alpha value is -3.00. The molecule has 1 aliphatic heterocycles. The van der Waals surface area contributed by atoms with Gasteiger partial charge in [-0.25, -0.2) is 9.66 Å². The molecule has 2 aliphatic rings. The van der Waals surface area contributed by atoms with Crippen LogP contribution >= 0.6 is 11.3 Å². The van der Waals surface area contributed by atoms with Gasteiger partial charge in [0.05, 0.1) is 11.3 Å². The van der Waals surface area contributed by atoms with E-state index in [1.54, 1.807) is 0 Å². The zero-order chi connectivity index (χ0) is 20.7. The number of hydrogen-bond acceptors (Lipinski definition) is 5. The molecule has 1 saturated heterocycles. The predicted molar refractivity (Wildman–Crippen MR) is 116 cm³/mol. The van der Waals surface area contributed by atoms with E-state index in [4.69, 9.17) is 0 Å². The highest BCUT2D eigenvalue weighted by molar-refractivity contribution is 7.17. The molecule has 0 bridgehead atoms. The molecule has 30 heavy (non-hydrogen) atoms. The Morgan fingerprint density at radius 2 is 1.90 bits per heavy atom. The summed E-state index contributed by atoms with van der Waals surface area (Å²) < 4.78 is 1.15. The van der Waals surface area contributed by atoms with E-state index < -0.39 is 5.92 Å². The van der Waals surface area contributed by atoms with Crippen LogP contribution in [0.4, 0.5) is 0 Å². The van der Waals surface area contributed by atoms with Crippen LogP contribution in [0.3, 0.4) is 0 Å². The maximum Gasteiger partial charge on any atom is 0.281 e. The summed E-state index contributed by atoms with van der Waals surface area (Å²) in [5, 5.41) is 2.40. The molecule has 0 radical (unpaired) electrons. The second-order valence-electron chi connectivity index (χ2n) is 7.98. The van der Waals surface area contributed by atoms with Gasteiger partial charge in [0.25, 0.3) is 5.56 Å². The summed E-state index contributed by atoms with van der Waals surface area (Å²) in [6.07, 6.45) is 5.84. The highest BCUT2D eigenvalue weighted by atomic mass is 32.1. The number of nitrogens with zero attached hydrogens (tertiary/aromatic N) is 3. The normalized spacial score (nSPS) is 19.7. The average Bonchev–Trinajstić information content (AvgIpc) is 3.50. The first-order valence-corrected chi connectivity index (χ1v) is 11.1. The highest BCUT2D eigenvalue weighted by Gasteiger charge is 2.38. The van der Waals surface area contributed by atoms with Crippen LogP contribution in [0.15, 0.2) is 46.8 Å². The summed E-state index contributed by atoms with van der Waals surface area (Å²) in [6, 6.07) is 9.91. The molecule has 1 aromatic carbocycles. The Labute approximate surface area is 177 Å². The number of thiophene rings is 1. The Balaban J connectivity index is 1.39. The summed E-state index contributed by atoms with van der Waals surface area (Å²) in [7, 11) is 0. The standard InChI is InChI=1S/C22H22N4O3S/c27-18-10-15(11-25(18)16-8-4-5-9-16)20(28)24-26-13-23-21-19(22(26)29)17(12-30-21)14-6-2-1-3-7-14/h1-3,6-7,12-13,15-16H,4-5,8-11H2,(H,24,28)/t15-/m0/s1. The van der Waals surface area contributed by atoms with E-state index >= 15 is 0 Å². The number of carbonyl (C=O) groups is 2. The Bertz CT molecular complexity index is 1160. The first kappa shape index (κ1) is 19.0. The van der Waals surface area contributed by atoms with Crippen LogP contribution < -0.4 is 11.0 Å². The maximum atomic E-state index is 13.1. The first-order chi connectivity index (χ1) is 14.6. The minimum atomic E-state index is -0.447. The zero-order valence-electron chi connectivity index (χ0n) is 16.4. The zero-order valence-corrected chi connectivity index (χ0v) is 17.2. The number of carbonyl (C=O) groups excluding carboxylic acids is 2. The molecule has 2 fully saturated rings. The van der Waals surface area contributed by atoms with Crippen molar-refractivity contribution >= 4 is 33.4 Å². The van der Waals surface area contributed by atoms with Crippen molar-refractivity contribution in [3.8, 4) is 11.1 Å². The third-order valence-corrected chi connectivity index (χ3v) is 6.99. The molecule has 1 atom stereocenters. The molecule has 8 heteroatoms. The van der Waals surface area contributed by atoms with Gasteiger partial charge in [0.1, 0.15) is 11.2 Å². The summed E-state index contributed by atoms with van der Waals surface area (Å²) in [6.45, 7) is 0.424. The average molecular weight is 423 g/mol. The van der Waals surface area contributed by atoms with Crippen LogP contribution in [0.25, 0.3) is 21.3 Å². The minimum absolute atomic E-state index is 0.0344. The van der Waals surface area contributed by atoms with Crippen LogP contribution in [0.1, 0.15) is 32.1 Å². The number of fused-ring (bicyclic) bond motifs is 1. The number of benzene rings is 1. The second-order valence-corrected chi connectivity index (χ2v) is 8.83. The molecule has 0 unspecified atom stereocenters. The van der Waals surface area contributed by atoms with Crippen LogP contribution in [0, 0.1) is 5.92 Å². The summed E-state index contributed by atoms with van der Waals surface area (Å²) >= 11 is 1.40. The number of amides is 2.